The summed E-state index contributed by atoms with van der Waals surface area (Å²) in [5.74, 6) is 0. The standard InChI is InChI=1S/C9H21O5P/c1-15(12,13-8-4-2-6-10)14-9-5-3-7-11/h10-11H,2-9H2,1H3. The molecule has 15 heavy (non-hydrogen) atoms. The van der Waals surface area contributed by atoms with E-state index in [4.69, 9.17) is 19.3 Å². The van der Waals surface area contributed by atoms with Gasteiger partial charge in [0.15, 0.2) is 0 Å². The molecule has 0 heterocycles. The number of hydrogen-bond acceptors (Lipinski definition) is 5. The minimum absolute atomic E-state index is 0.120. The van der Waals surface area contributed by atoms with Gasteiger partial charge in [-0.2, -0.15) is 0 Å². The zero-order valence-electron chi connectivity index (χ0n) is 9.22. The van der Waals surface area contributed by atoms with Crippen molar-refractivity contribution < 1.29 is 23.8 Å². The summed E-state index contributed by atoms with van der Waals surface area (Å²) in [6, 6.07) is 0. The van der Waals surface area contributed by atoms with Crippen LogP contribution >= 0.6 is 7.60 Å². The number of aliphatic hydroxyl groups excluding tert-OH is 2. The van der Waals surface area contributed by atoms with Gasteiger partial charge in [-0.05, 0) is 25.7 Å². The summed E-state index contributed by atoms with van der Waals surface area (Å²) in [7, 11) is -2.94. The zero-order valence-corrected chi connectivity index (χ0v) is 10.1. The van der Waals surface area contributed by atoms with Gasteiger partial charge in [0.25, 0.3) is 0 Å². The molecule has 0 aliphatic rings. The van der Waals surface area contributed by atoms with Crippen molar-refractivity contribution in [2.75, 3.05) is 33.1 Å². The Kier molecular flexibility index (Phi) is 9.35. The molecule has 0 aromatic carbocycles. The van der Waals surface area contributed by atoms with Gasteiger partial charge in [-0.25, -0.2) is 0 Å². The number of aliphatic hydroxyl groups is 2. The average molecular weight is 240 g/mol. The van der Waals surface area contributed by atoms with E-state index in [1.54, 1.807) is 0 Å². The van der Waals surface area contributed by atoms with Crippen molar-refractivity contribution in [2.45, 2.75) is 25.7 Å². The van der Waals surface area contributed by atoms with Gasteiger partial charge in [-0.1, -0.05) is 0 Å². The Hall–Kier alpha value is 0.0700. The highest BCUT2D eigenvalue weighted by atomic mass is 31.2. The molecule has 0 fully saturated rings. The molecule has 0 amide bonds. The molecule has 0 bridgehead atoms. The fourth-order valence-electron chi connectivity index (χ4n) is 0.926. The van der Waals surface area contributed by atoms with Crippen molar-refractivity contribution in [1.82, 2.24) is 0 Å². The molecule has 0 aromatic heterocycles. The van der Waals surface area contributed by atoms with Crippen LogP contribution in [0.25, 0.3) is 0 Å². The molecule has 0 atom stereocenters. The van der Waals surface area contributed by atoms with E-state index >= 15 is 0 Å². The zero-order chi connectivity index (χ0) is 11.6. The predicted octanol–water partition coefficient (Wildman–Crippen LogP) is 1.39. The van der Waals surface area contributed by atoms with E-state index in [9.17, 15) is 4.57 Å². The SMILES string of the molecule is CP(=O)(OCCCCO)OCCCCO. The molecule has 0 aliphatic carbocycles. The second-order valence-electron chi connectivity index (χ2n) is 3.30. The summed E-state index contributed by atoms with van der Waals surface area (Å²) < 4.78 is 21.7. The van der Waals surface area contributed by atoms with Gasteiger partial charge in [-0.3, -0.25) is 4.57 Å². The number of hydrogen-bond donors (Lipinski definition) is 2. The monoisotopic (exact) mass is 240 g/mol. The molecule has 5 nitrogen and oxygen atoms in total. The first-order valence-corrected chi connectivity index (χ1v) is 7.19. The van der Waals surface area contributed by atoms with E-state index in [0.717, 1.165) is 0 Å². The third-order valence-electron chi connectivity index (χ3n) is 1.76. The van der Waals surface area contributed by atoms with Crippen LogP contribution < -0.4 is 0 Å². The third-order valence-corrected chi connectivity index (χ3v) is 3.06. The minimum Gasteiger partial charge on any atom is -0.396 e. The van der Waals surface area contributed by atoms with Gasteiger partial charge in [0.05, 0.1) is 13.2 Å². The second kappa shape index (κ2) is 9.31. The van der Waals surface area contributed by atoms with Gasteiger partial charge in [-0.15, -0.1) is 0 Å². The van der Waals surface area contributed by atoms with Crippen LogP contribution in [0.5, 0.6) is 0 Å². The molecule has 92 valence electrons. The Balaban J connectivity index is 3.45. The Bertz CT molecular complexity index is 169. The maximum Gasteiger partial charge on any atom is 0.327 e. The van der Waals surface area contributed by atoms with Crippen molar-refractivity contribution >= 4 is 7.60 Å². The molecule has 0 saturated heterocycles. The molecule has 0 aromatic rings. The summed E-state index contributed by atoms with van der Waals surface area (Å²) in [5.41, 5.74) is 0. The van der Waals surface area contributed by atoms with Gasteiger partial charge in [0.2, 0.25) is 0 Å². The minimum atomic E-state index is -2.94. The van der Waals surface area contributed by atoms with Crippen LogP contribution in [-0.2, 0) is 13.6 Å². The van der Waals surface area contributed by atoms with E-state index in [-0.39, 0.29) is 13.2 Å². The summed E-state index contributed by atoms with van der Waals surface area (Å²) in [5, 5.41) is 17.0. The van der Waals surface area contributed by atoms with Gasteiger partial charge >= 0.3 is 7.60 Å². The number of rotatable bonds is 10. The van der Waals surface area contributed by atoms with Crippen LogP contribution in [0, 0.1) is 0 Å². The fraction of sp³-hybridized carbons (Fsp3) is 1.00. The molecule has 0 saturated carbocycles. The van der Waals surface area contributed by atoms with Crippen LogP contribution in [0.4, 0.5) is 0 Å². The summed E-state index contributed by atoms with van der Waals surface area (Å²) >= 11 is 0. The van der Waals surface area contributed by atoms with Crippen LogP contribution in [0.1, 0.15) is 25.7 Å². The first kappa shape index (κ1) is 15.1. The third kappa shape index (κ3) is 10.4. The van der Waals surface area contributed by atoms with Gasteiger partial charge in [0.1, 0.15) is 0 Å². The smallest absolute Gasteiger partial charge is 0.327 e. The molecular weight excluding hydrogens is 219 g/mol. The maximum absolute atomic E-state index is 11.6. The first-order chi connectivity index (χ1) is 7.12. The highest BCUT2D eigenvalue weighted by Gasteiger charge is 2.15. The second-order valence-corrected chi connectivity index (χ2v) is 5.36. The highest BCUT2D eigenvalue weighted by Crippen LogP contribution is 2.43. The van der Waals surface area contributed by atoms with Gasteiger partial charge < -0.3 is 19.3 Å². The molecule has 6 heteroatoms. The van der Waals surface area contributed by atoms with Crippen LogP contribution in [0.3, 0.4) is 0 Å². The van der Waals surface area contributed by atoms with Crippen molar-refractivity contribution in [1.29, 1.82) is 0 Å². The quantitative estimate of drug-likeness (QED) is 0.445. The molecule has 2 N–H and O–H groups in total. The van der Waals surface area contributed by atoms with Crippen LogP contribution in [-0.4, -0.2) is 43.3 Å². The largest absolute Gasteiger partial charge is 0.396 e. The van der Waals surface area contributed by atoms with Crippen molar-refractivity contribution in [3.8, 4) is 0 Å². The summed E-state index contributed by atoms with van der Waals surface area (Å²) in [4.78, 5) is 0. The fourth-order valence-corrected chi connectivity index (χ4v) is 1.92. The summed E-state index contributed by atoms with van der Waals surface area (Å²) in [6.07, 6.45) is 2.64. The molecule has 0 radical (unpaired) electrons. The molecule has 0 aliphatic heterocycles. The van der Waals surface area contributed by atoms with Crippen LogP contribution in [0.15, 0.2) is 0 Å². The Morgan fingerprint density at radius 3 is 1.67 bits per heavy atom. The maximum atomic E-state index is 11.6. The predicted molar refractivity (Wildman–Crippen MR) is 58.1 cm³/mol. The molecule has 0 unspecified atom stereocenters. The van der Waals surface area contributed by atoms with Crippen molar-refractivity contribution in [3.63, 3.8) is 0 Å². The lowest BCUT2D eigenvalue weighted by Gasteiger charge is -2.13. The lowest BCUT2D eigenvalue weighted by molar-refractivity contribution is 0.190. The Morgan fingerprint density at radius 2 is 1.33 bits per heavy atom. The van der Waals surface area contributed by atoms with E-state index in [1.165, 1.54) is 6.66 Å². The van der Waals surface area contributed by atoms with E-state index in [0.29, 0.717) is 38.9 Å². The summed E-state index contributed by atoms with van der Waals surface area (Å²) in [6.45, 7) is 2.36. The Morgan fingerprint density at radius 1 is 0.933 bits per heavy atom. The van der Waals surface area contributed by atoms with E-state index in [2.05, 4.69) is 0 Å². The van der Waals surface area contributed by atoms with Crippen molar-refractivity contribution in [2.24, 2.45) is 0 Å². The highest BCUT2D eigenvalue weighted by molar-refractivity contribution is 7.52. The molecular formula is C9H21O5P. The molecule has 0 rings (SSSR count). The lowest BCUT2D eigenvalue weighted by atomic mass is 10.3. The van der Waals surface area contributed by atoms with E-state index < -0.39 is 7.60 Å². The molecule has 0 spiro atoms. The topological polar surface area (TPSA) is 76.0 Å². The van der Waals surface area contributed by atoms with Crippen molar-refractivity contribution in [3.05, 3.63) is 0 Å². The average Bonchev–Trinajstić information content (AvgIpc) is 2.20. The Labute approximate surface area is 90.9 Å². The lowest BCUT2D eigenvalue weighted by Crippen LogP contribution is -1.99. The van der Waals surface area contributed by atoms with Gasteiger partial charge in [0, 0.05) is 19.9 Å². The van der Waals surface area contributed by atoms with E-state index in [1.807, 2.05) is 0 Å². The number of unbranched alkanes of at least 4 members (excludes halogenated alkanes) is 2. The van der Waals surface area contributed by atoms with Crippen LogP contribution in [0.2, 0.25) is 0 Å². The first-order valence-electron chi connectivity index (χ1n) is 5.20. The normalized spacial score (nSPS) is 11.9.